The molecular weight excluding hydrogens is 393 g/mol. The summed E-state index contributed by atoms with van der Waals surface area (Å²) < 4.78 is 0.411. The van der Waals surface area contributed by atoms with Gasteiger partial charge in [-0.05, 0) is 27.3 Å². The third-order valence-electron chi connectivity index (χ3n) is 1.91. The predicted molar refractivity (Wildman–Crippen MR) is 74.9 cm³/mol. The molecule has 1 rings (SSSR count). The lowest BCUT2D eigenvalue weighted by molar-refractivity contribution is -0.933. The molecule has 18 heavy (non-hydrogen) atoms. The van der Waals surface area contributed by atoms with Crippen LogP contribution in [-0.4, -0.2) is 38.9 Å². The second-order valence-corrected chi connectivity index (χ2v) is 6.60. The number of hydrogen-bond acceptors (Lipinski definition) is 5. The molecule has 0 aliphatic rings. The summed E-state index contributed by atoms with van der Waals surface area (Å²) >= 11 is 3.20. The zero-order valence-electron chi connectivity index (χ0n) is 8.87. The molecule has 0 aliphatic carbocycles. The van der Waals surface area contributed by atoms with Gasteiger partial charge in [0.1, 0.15) is 5.56 Å². The van der Waals surface area contributed by atoms with E-state index in [1.165, 1.54) is 6.07 Å². The normalized spacial score (nSPS) is 10.3. The van der Waals surface area contributed by atoms with Crippen LogP contribution in [0.25, 0.3) is 0 Å². The van der Waals surface area contributed by atoms with E-state index in [2.05, 4.69) is 21.2 Å². The van der Waals surface area contributed by atoms with Crippen molar-refractivity contribution >= 4 is 53.8 Å². The fourth-order valence-corrected chi connectivity index (χ4v) is 4.09. The molecule has 0 aliphatic heterocycles. The summed E-state index contributed by atoms with van der Waals surface area (Å²) in [6.45, 7) is 0. The van der Waals surface area contributed by atoms with Crippen molar-refractivity contribution in [2.24, 2.45) is 0 Å². The smallest absolute Gasteiger partial charge is 0.406 e. The third-order valence-corrected chi connectivity index (χ3v) is 4.92. The van der Waals surface area contributed by atoms with Gasteiger partial charge >= 0.3 is 22.7 Å². The summed E-state index contributed by atoms with van der Waals surface area (Å²) in [7, 11) is 1.55. The van der Waals surface area contributed by atoms with Gasteiger partial charge in [0.2, 0.25) is 0 Å². The first-order chi connectivity index (χ1) is 8.49. The number of carbonyl (C=O) groups is 2. The van der Waals surface area contributed by atoms with Gasteiger partial charge in [-0.15, -0.1) is 0 Å². The number of rotatable bonds is 6. The van der Waals surface area contributed by atoms with Crippen molar-refractivity contribution < 1.29 is 29.7 Å². The molecule has 0 spiro atoms. The summed E-state index contributed by atoms with van der Waals surface area (Å²) in [4.78, 5) is 21.8. The van der Waals surface area contributed by atoms with Crippen LogP contribution in [0.1, 0.15) is 20.8 Å². The van der Waals surface area contributed by atoms with E-state index in [0.717, 1.165) is 23.6 Å². The van der Waals surface area contributed by atoms with Crippen molar-refractivity contribution in [3.05, 3.63) is 23.4 Å². The average Bonchev–Trinajstić information content (AvgIpc) is 2.30. The van der Waals surface area contributed by atoms with Gasteiger partial charge in [-0.3, -0.25) is 5.21 Å². The Morgan fingerprint density at radius 1 is 1.22 bits per heavy atom. The average molecular weight is 402 g/mol. The van der Waals surface area contributed by atoms with Crippen LogP contribution in [0.2, 0.25) is 0 Å². The fraction of sp³-hybridized carbons (Fsp3) is 0.222. The molecule has 0 saturated carbocycles. The Morgan fingerprint density at radius 3 is 2.39 bits per heavy atom. The third kappa shape index (κ3) is 3.65. The molecule has 0 saturated heterocycles. The minimum Gasteiger partial charge on any atom is -0.477 e. The highest BCUT2D eigenvalue weighted by atomic mass is 127. The number of halogens is 1. The van der Waals surface area contributed by atoms with Gasteiger partial charge in [-0.25, -0.2) is 9.59 Å². The number of hydrogen-bond donors (Lipinski definition) is 3. The van der Waals surface area contributed by atoms with Crippen LogP contribution in [0.15, 0.2) is 17.2 Å². The number of nitrogens with zero attached hydrogens (tertiary/aromatic N) is 1. The molecule has 0 amide bonds. The highest BCUT2D eigenvalue weighted by Gasteiger charge is 2.29. The zero-order chi connectivity index (χ0) is 13.7. The maximum Gasteiger partial charge on any atom is 0.406 e. The lowest BCUT2D eigenvalue weighted by Crippen LogP contribution is -2.41. The first-order valence-corrected chi connectivity index (χ1v) is 9.11. The molecule has 98 valence electrons. The van der Waals surface area contributed by atoms with Crippen LogP contribution in [0.5, 0.6) is 0 Å². The van der Waals surface area contributed by atoms with E-state index in [1.54, 1.807) is 8.93 Å². The molecule has 1 heterocycles. The summed E-state index contributed by atoms with van der Waals surface area (Å²) in [6, 6.07) is 2.24. The van der Waals surface area contributed by atoms with Gasteiger partial charge in [0, 0.05) is 22.3 Å². The minimum atomic E-state index is -1.32. The van der Waals surface area contributed by atoms with Crippen LogP contribution in [0, 0.1) is 0 Å². The summed E-state index contributed by atoms with van der Waals surface area (Å²) in [5.74, 6) is -1.21. The van der Waals surface area contributed by atoms with Crippen molar-refractivity contribution in [1.29, 1.82) is 0 Å². The van der Waals surface area contributed by atoms with E-state index in [9.17, 15) is 14.8 Å². The second-order valence-electron chi connectivity index (χ2n) is 3.02. The lowest BCUT2D eigenvalue weighted by atomic mass is 10.2. The van der Waals surface area contributed by atoms with Crippen LogP contribution < -0.4 is 4.73 Å². The van der Waals surface area contributed by atoms with Gasteiger partial charge in [-0.2, -0.15) is 0 Å². The molecule has 9 heteroatoms. The molecule has 1 aromatic heterocycles. The van der Waals surface area contributed by atoms with Crippen molar-refractivity contribution in [3.8, 4) is 0 Å². The minimum absolute atomic E-state index is 0.0212. The summed E-state index contributed by atoms with van der Waals surface area (Å²) in [6.07, 6.45) is 0. The van der Waals surface area contributed by atoms with Crippen LogP contribution in [-0.2, 0) is 0 Å². The molecule has 0 unspecified atom stereocenters. The van der Waals surface area contributed by atoms with Gasteiger partial charge in [0.15, 0.2) is 0 Å². The molecule has 0 radical (unpaired) electrons. The summed E-state index contributed by atoms with van der Waals surface area (Å²) in [5, 5.41) is 27.6. The Labute approximate surface area is 123 Å². The van der Waals surface area contributed by atoms with Gasteiger partial charge < -0.3 is 10.2 Å². The maximum atomic E-state index is 11.0. The zero-order valence-corrected chi connectivity index (χ0v) is 12.7. The molecule has 0 atom stereocenters. The molecule has 0 bridgehead atoms. The largest absolute Gasteiger partial charge is 0.477 e. The first-order valence-electron chi connectivity index (χ1n) is 4.60. The monoisotopic (exact) mass is 402 g/mol. The van der Waals surface area contributed by atoms with E-state index in [0.29, 0.717) is 10.5 Å². The Balaban J connectivity index is 3.18. The molecule has 0 fully saturated rings. The lowest BCUT2D eigenvalue weighted by Gasteiger charge is -2.02. The van der Waals surface area contributed by atoms with Crippen molar-refractivity contribution in [3.63, 3.8) is 0 Å². The Morgan fingerprint density at radius 2 is 1.89 bits per heavy atom. The predicted octanol–water partition coefficient (Wildman–Crippen LogP) is 1.78. The molecular formula is C9H9INO5S2+. The number of carboxylic acid groups (broad SMARTS) is 2. The van der Waals surface area contributed by atoms with Crippen molar-refractivity contribution in [2.45, 2.75) is 5.03 Å². The van der Waals surface area contributed by atoms with E-state index in [-0.39, 0.29) is 16.3 Å². The number of aromatic nitrogens is 1. The van der Waals surface area contributed by atoms with Gasteiger partial charge in [0.25, 0.3) is 0 Å². The molecule has 6 nitrogen and oxygen atoms in total. The van der Waals surface area contributed by atoms with E-state index in [4.69, 9.17) is 10.2 Å². The van der Waals surface area contributed by atoms with E-state index >= 15 is 0 Å². The Bertz CT molecular complexity index is 482. The molecule has 3 N–H and O–H groups in total. The number of thioether (sulfide) groups is 1. The Hall–Kier alpha value is -0.680. The van der Waals surface area contributed by atoms with Crippen LogP contribution in [0.3, 0.4) is 0 Å². The van der Waals surface area contributed by atoms with Crippen LogP contribution >= 0.6 is 41.9 Å². The maximum absolute atomic E-state index is 11.0. The quantitative estimate of drug-likeness (QED) is 0.219. The molecule has 1 aromatic rings. The van der Waals surface area contributed by atoms with E-state index < -0.39 is 11.9 Å². The number of carboxylic acids is 2. The number of pyridine rings is 1. The van der Waals surface area contributed by atoms with Gasteiger partial charge in [-0.1, -0.05) is 20.7 Å². The fourth-order valence-electron chi connectivity index (χ4n) is 1.16. The Kier molecular flexibility index (Phi) is 6.02. The standard InChI is InChI=1S/C9H8INO5S2/c10-18-4-3-17-7-5(8(12)13)1-2-6(9(14)15)11(7)16/h1-2H,3-4H2,(H2-,12,13,14,15,16)/p+1. The van der Waals surface area contributed by atoms with E-state index in [1.807, 2.05) is 0 Å². The molecule has 0 aromatic carbocycles. The van der Waals surface area contributed by atoms with Crippen molar-refractivity contribution in [2.75, 3.05) is 11.5 Å². The van der Waals surface area contributed by atoms with Crippen LogP contribution in [0.4, 0.5) is 0 Å². The highest BCUT2D eigenvalue weighted by molar-refractivity contribution is 14.2. The van der Waals surface area contributed by atoms with Crippen molar-refractivity contribution in [1.82, 2.24) is 0 Å². The SMILES string of the molecule is O=C(O)c1ccc(C(=O)O)[n+](O)c1SCCSI. The summed E-state index contributed by atoms with van der Waals surface area (Å²) in [5.41, 5.74) is -0.490. The topological polar surface area (TPSA) is 98.7 Å². The first kappa shape index (κ1) is 15.4. The number of aromatic carboxylic acids is 2. The second kappa shape index (κ2) is 7.04. The highest BCUT2D eigenvalue weighted by Crippen LogP contribution is 2.22. The van der Waals surface area contributed by atoms with Gasteiger partial charge in [0.05, 0.1) is 0 Å².